The topological polar surface area (TPSA) is 81.2 Å². The fourth-order valence-electron chi connectivity index (χ4n) is 11.2. The van der Waals surface area contributed by atoms with Gasteiger partial charge < -0.3 is 19.8 Å². The molecule has 1 heterocycles. The number of amides is 2. The Labute approximate surface area is 276 Å². The number of hydrogen-bond donors (Lipinski definition) is 1. The number of ketones is 1. The lowest BCUT2D eigenvalue weighted by Crippen LogP contribution is -2.65. The Morgan fingerprint density at radius 2 is 1.67 bits per heavy atom. The highest BCUT2D eigenvalue weighted by Crippen LogP contribution is 2.75. The summed E-state index contributed by atoms with van der Waals surface area (Å²) in [6.45, 7) is 16.5. The first-order chi connectivity index (χ1) is 21.4. The third-order valence-electron chi connectivity index (χ3n) is 14.7. The Morgan fingerprint density at radius 1 is 0.978 bits per heavy atom. The molecule has 2 unspecified atom stereocenters. The Balaban J connectivity index is 1.27. The average molecular weight is 632 g/mol. The zero-order valence-electron chi connectivity index (χ0n) is 29.9. The fraction of sp³-hybridized carbons (Fsp3) is 0.718. The van der Waals surface area contributed by atoms with Crippen molar-refractivity contribution in [3.63, 3.8) is 0 Å². The Kier molecular flexibility index (Phi) is 7.90. The SMILES string of the molecule is CC1=C(O)C(=O)C=C2C1=CC=C1[C@@]2(C)CC[C@@]2(C)C3C[C@](C)(N(C)C(=O)C(=O)N(C)CC4CCCN(C)C4)CC[C@]3(C)CC[C@]12C. The monoisotopic (exact) mass is 631 g/mol. The van der Waals surface area contributed by atoms with Crippen molar-refractivity contribution in [2.24, 2.45) is 33.5 Å². The first-order valence-corrected chi connectivity index (χ1v) is 17.7. The number of piperidine rings is 1. The van der Waals surface area contributed by atoms with Gasteiger partial charge in [-0.2, -0.15) is 0 Å². The molecule has 4 fully saturated rings. The number of allylic oxidation sites excluding steroid dienone is 7. The maximum atomic E-state index is 13.9. The Hall–Kier alpha value is -2.67. The van der Waals surface area contributed by atoms with E-state index in [0.717, 1.165) is 82.0 Å². The number of hydrogen-bond acceptors (Lipinski definition) is 5. The second kappa shape index (κ2) is 10.9. The molecule has 0 radical (unpaired) electrons. The summed E-state index contributed by atoms with van der Waals surface area (Å²) in [6, 6.07) is 0. The molecule has 1 N–H and O–H groups in total. The van der Waals surface area contributed by atoms with E-state index in [9.17, 15) is 19.5 Å². The van der Waals surface area contributed by atoms with Gasteiger partial charge in [-0.15, -0.1) is 0 Å². The lowest BCUT2D eigenvalue weighted by Gasteiger charge is -2.70. The number of likely N-dealkylation sites (N-methyl/N-ethyl adjacent to an activating group) is 2. The summed E-state index contributed by atoms with van der Waals surface area (Å²) in [7, 11) is 5.79. The normalized spacial score (nSPS) is 40.8. The van der Waals surface area contributed by atoms with Crippen molar-refractivity contribution in [1.29, 1.82) is 0 Å². The molecule has 0 aromatic heterocycles. The third kappa shape index (κ3) is 4.72. The molecule has 7 nitrogen and oxygen atoms in total. The number of likely N-dealkylation sites (tertiary alicyclic amines) is 1. The smallest absolute Gasteiger partial charge is 0.312 e. The van der Waals surface area contributed by atoms with E-state index in [2.05, 4.69) is 58.7 Å². The first kappa shape index (κ1) is 33.2. The Morgan fingerprint density at radius 3 is 2.37 bits per heavy atom. The molecule has 0 aromatic carbocycles. The van der Waals surface area contributed by atoms with Crippen molar-refractivity contribution in [2.45, 2.75) is 105 Å². The molecule has 1 aliphatic heterocycles. The highest BCUT2D eigenvalue weighted by Gasteiger charge is 2.67. The summed E-state index contributed by atoms with van der Waals surface area (Å²) in [5.41, 5.74) is 3.54. The van der Waals surface area contributed by atoms with Gasteiger partial charge in [0.2, 0.25) is 5.78 Å². The molecule has 0 aromatic rings. The van der Waals surface area contributed by atoms with Crippen LogP contribution in [0.15, 0.2) is 46.3 Å². The van der Waals surface area contributed by atoms with Crippen LogP contribution in [0.25, 0.3) is 0 Å². The number of rotatable bonds is 3. The first-order valence-electron chi connectivity index (χ1n) is 17.7. The van der Waals surface area contributed by atoms with E-state index in [1.165, 1.54) is 5.57 Å². The van der Waals surface area contributed by atoms with E-state index in [-0.39, 0.29) is 45.0 Å². The van der Waals surface area contributed by atoms with Gasteiger partial charge in [0, 0.05) is 43.7 Å². The lowest BCUT2D eigenvalue weighted by molar-refractivity contribution is -0.173. The molecule has 1 saturated heterocycles. The highest BCUT2D eigenvalue weighted by molar-refractivity contribution is 6.34. The molecule has 7 heteroatoms. The molecule has 0 spiro atoms. The van der Waals surface area contributed by atoms with Gasteiger partial charge >= 0.3 is 11.8 Å². The van der Waals surface area contributed by atoms with Crippen LogP contribution < -0.4 is 0 Å². The molecule has 0 bridgehead atoms. The van der Waals surface area contributed by atoms with Gasteiger partial charge in [-0.1, -0.05) is 45.4 Å². The molecule has 46 heavy (non-hydrogen) atoms. The maximum absolute atomic E-state index is 13.9. The molecule has 7 atom stereocenters. The van der Waals surface area contributed by atoms with E-state index in [4.69, 9.17) is 0 Å². The second-order valence-corrected chi connectivity index (χ2v) is 17.4. The van der Waals surface area contributed by atoms with Crippen LogP contribution in [0.2, 0.25) is 0 Å². The van der Waals surface area contributed by atoms with Gasteiger partial charge in [0.15, 0.2) is 5.76 Å². The van der Waals surface area contributed by atoms with Crippen molar-refractivity contribution >= 4 is 17.6 Å². The van der Waals surface area contributed by atoms with E-state index in [1.807, 2.05) is 14.0 Å². The van der Waals surface area contributed by atoms with E-state index < -0.39 is 5.54 Å². The van der Waals surface area contributed by atoms with Crippen LogP contribution >= 0.6 is 0 Å². The maximum Gasteiger partial charge on any atom is 0.312 e. The number of carbonyl (C=O) groups excluding carboxylic acids is 3. The van der Waals surface area contributed by atoms with Crippen molar-refractivity contribution in [1.82, 2.24) is 14.7 Å². The fourth-order valence-corrected chi connectivity index (χ4v) is 11.2. The molecular formula is C39H57N3O4. The van der Waals surface area contributed by atoms with Gasteiger partial charge in [0.05, 0.1) is 0 Å². The van der Waals surface area contributed by atoms with Gasteiger partial charge in [0.25, 0.3) is 0 Å². The molecule has 252 valence electrons. The minimum Gasteiger partial charge on any atom is -0.504 e. The van der Waals surface area contributed by atoms with Gasteiger partial charge in [-0.3, -0.25) is 14.4 Å². The van der Waals surface area contributed by atoms with E-state index in [0.29, 0.717) is 24.0 Å². The third-order valence-corrected chi connectivity index (χ3v) is 14.7. The summed E-state index contributed by atoms with van der Waals surface area (Å²) in [5, 5.41) is 10.5. The molecule has 2 amide bonds. The van der Waals surface area contributed by atoms with Crippen LogP contribution in [0.1, 0.15) is 99.3 Å². The summed E-state index contributed by atoms with van der Waals surface area (Å²) in [4.78, 5) is 46.0. The van der Waals surface area contributed by atoms with Gasteiger partial charge in [-0.25, -0.2) is 0 Å². The van der Waals surface area contributed by atoms with Gasteiger partial charge in [0.1, 0.15) is 0 Å². The standard InChI is InChI=1S/C39H57N3O4/c1-25-27-12-13-30-37(4,28(27)21-29(43)32(25)44)17-19-39(6)31-22-36(3,16-14-35(31,2)15-18-38(30,39)5)42(9)34(46)33(45)41(8)24-26-11-10-20-40(7)23-26/h12-13,21,26,31,44H,10-11,14-20,22-24H2,1-9H3/t26?,31?,35-,36-,37+,38-,39+/m1/s1. The minimum absolute atomic E-state index is 0.0116. The summed E-state index contributed by atoms with van der Waals surface area (Å²) in [6.07, 6.45) is 15.4. The average Bonchev–Trinajstić information content (AvgIpc) is 3.01. The largest absolute Gasteiger partial charge is 0.504 e. The van der Waals surface area contributed by atoms with Crippen molar-refractivity contribution in [3.05, 3.63) is 46.3 Å². The van der Waals surface area contributed by atoms with E-state index >= 15 is 0 Å². The van der Waals surface area contributed by atoms with Gasteiger partial charge in [-0.05, 0) is 131 Å². The number of carbonyl (C=O) groups is 3. The lowest BCUT2D eigenvalue weighted by atomic mass is 9.35. The van der Waals surface area contributed by atoms with Crippen LogP contribution in [-0.2, 0) is 14.4 Å². The number of aliphatic hydroxyl groups excluding tert-OH is 1. The summed E-state index contributed by atoms with van der Waals surface area (Å²) in [5.74, 6) is -0.417. The zero-order valence-corrected chi connectivity index (χ0v) is 29.9. The highest BCUT2D eigenvalue weighted by atomic mass is 16.3. The van der Waals surface area contributed by atoms with Crippen LogP contribution in [-0.4, -0.2) is 83.7 Å². The predicted octanol–water partition coefficient (Wildman–Crippen LogP) is 6.62. The minimum atomic E-state index is -0.406. The summed E-state index contributed by atoms with van der Waals surface area (Å²) >= 11 is 0. The van der Waals surface area contributed by atoms with Crippen molar-refractivity contribution < 1.29 is 19.5 Å². The molecule has 5 aliphatic carbocycles. The number of aliphatic hydroxyl groups is 1. The van der Waals surface area contributed by atoms with E-state index in [1.54, 1.807) is 22.9 Å². The summed E-state index contributed by atoms with van der Waals surface area (Å²) < 4.78 is 0. The van der Waals surface area contributed by atoms with Crippen LogP contribution in [0.4, 0.5) is 0 Å². The molecule has 3 saturated carbocycles. The van der Waals surface area contributed by atoms with Crippen LogP contribution in [0.3, 0.4) is 0 Å². The Bertz CT molecular complexity index is 1490. The second-order valence-electron chi connectivity index (χ2n) is 17.4. The van der Waals surface area contributed by atoms with Crippen LogP contribution in [0, 0.1) is 33.5 Å². The number of fused-ring (bicyclic) bond motifs is 7. The van der Waals surface area contributed by atoms with Crippen molar-refractivity contribution in [3.8, 4) is 0 Å². The molecule has 6 aliphatic rings. The zero-order chi connectivity index (χ0) is 33.6. The molecule has 6 rings (SSSR count). The molecular weight excluding hydrogens is 574 g/mol. The van der Waals surface area contributed by atoms with Crippen molar-refractivity contribution in [2.75, 3.05) is 40.8 Å². The predicted molar refractivity (Wildman–Crippen MR) is 182 cm³/mol. The quantitative estimate of drug-likeness (QED) is 0.354. The number of nitrogens with zero attached hydrogens (tertiary/aromatic N) is 3. The van der Waals surface area contributed by atoms with Crippen LogP contribution in [0.5, 0.6) is 0 Å².